The van der Waals surface area contributed by atoms with Gasteiger partial charge >= 0.3 is 0 Å². The summed E-state index contributed by atoms with van der Waals surface area (Å²) in [6, 6.07) is 17.8. The Morgan fingerprint density at radius 2 is 1.83 bits per heavy atom. The van der Waals surface area contributed by atoms with Gasteiger partial charge in [-0.3, -0.25) is 0 Å². The van der Waals surface area contributed by atoms with Gasteiger partial charge in [0.15, 0.2) is 0 Å². The molecule has 24 heavy (non-hydrogen) atoms. The molecule has 2 N–H and O–H groups in total. The first-order valence-electron chi connectivity index (χ1n) is 8.86. The Morgan fingerprint density at radius 1 is 1.04 bits per heavy atom. The van der Waals surface area contributed by atoms with E-state index < -0.39 is 0 Å². The number of rotatable bonds is 2. The quantitative estimate of drug-likeness (QED) is 0.851. The molecule has 0 aromatic heterocycles. The maximum atomic E-state index is 6.33. The minimum Gasteiger partial charge on any atom is -0.310 e. The zero-order valence-corrected chi connectivity index (χ0v) is 15.1. The highest BCUT2D eigenvalue weighted by Crippen LogP contribution is 2.47. The second-order valence-electron chi connectivity index (χ2n) is 7.83. The number of piperazine rings is 1. The molecule has 3 heteroatoms. The number of nitrogens with one attached hydrogen (secondary N) is 2. The summed E-state index contributed by atoms with van der Waals surface area (Å²) in [5.74, 6) is 0.979. The Kier molecular flexibility index (Phi) is 4.16. The van der Waals surface area contributed by atoms with Crippen LogP contribution < -0.4 is 10.6 Å². The van der Waals surface area contributed by atoms with Gasteiger partial charge in [-0.2, -0.15) is 0 Å². The van der Waals surface area contributed by atoms with Crippen molar-refractivity contribution in [3.8, 4) is 0 Å². The Morgan fingerprint density at radius 3 is 2.54 bits per heavy atom. The predicted molar refractivity (Wildman–Crippen MR) is 101 cm³/mol. The molecule has 0 bridgehead atoms. The van der Waals surface area contributed by atoms with Crippen molar-refractivity contribution in [3.05, 3.63) is 70.2 Å². The van der Waals surface area contributed by atoms with Crippen molar-refractivity contribution < 1.29 is 0 Å². The fourth-order valence-electron chi connectivity index (χ4n) is 4.27. The molecular weight excluding hydrogens is 316 g/mol. The summed E-state index contributed by atoms with van der Waals surface area (Å²) in [6.45, 7) is 6.51. The number of fused-ring (bicyclic) bond motifs is 1. The van der Waals surface area contributed by atoms with Gasteiger partial charge in [-0.15, -0.1) is 0 Å². The standard InChI is InChI=1S/C21H25ClN2/c1-21(2)13-23-20(12-24-21)19-11-17(14-6-4-3-5-7-14)16-9-8-15(22)10-18(16)19/h3-10,17,19-20,23-24H,11-13H2,1-2H3/t17-,19+,20?/m0/s1. The van der Waals surface area contributed by atoms with Gasteiger partial charge in [0.05, 0.1) is 0 Å². The third kappa shape index (κ3) is 2.99. The molecular formula is C21H25ClN2. The molecule has 0 radical (unpaired) electrons. The van der Waals surface area contributed by atoms with Crippen LogP contribution in [-0.4, -0.2) is 24.7 Å². The molecule has 2 aromatic carbocycles. The van der Waals surface area contributed by atoms with Crippen LogP contribution in [0.4, 0.5) is 0 Å². The van der Waals surface area contributed by atoms with Gasteiger partial charge in [0.25, 0.3) is 0 Å². The molecule has 1 fully saturated rings. The van der Waals surface area contributed by atoms with Gasteiger partial charge in [-0.05, 0) is 49.1 Å². The van der Waals surface area contributed by atoms with Crippen LogP contribution in [0.1, 0.15) is 48.8 Å². The smallest absolute Gasteiger partial charge is 0.0409 e. The van der Waals surface area contributed by atoms with Crippen molar-refractivity contribution in [3.63, 3.8) is 0 Å². The van der Waals surface area contributed by atoms with E-state index in [1.165, 1.54) is 16.7 Å². The molecule has 0 spiro atoms. The van der Waals surface area contributed by atoms with Crippen LogP contribution in [0.5, 0.6) is 0 Å². The largest absolute Gasteiger partial charge is 0.310 e. The van der Waals surface area contributed by atoms with Crippen LogP contribution in [-0.2, 0) is 0 Å². The van der Waals surface area contributed by atoms with Crippen LogP contribution in [0.3, 0.4) is 0 Å². The summed E-state index contributed by atoms with van der Waals surface area (Å²) in [5, 5.41) is 8.31. The van der Waals surface area contributed by atoms with Crippen LogP contribution in [0.25, 0.3) is 0 Å². The molecule has 2 aromatic rings. The van der Waals surface area contributed by atoms with Gasteiger partial charge in [-0.1, -0.05) is 48.0 Å². The molecule has 0 amide bonds. The van der Waals surface area contributed by atoms with Gasteiger partial charge in [-0.25, -0.2) is 0 Å². The SMILES string of the molecule is CC1(C)CNC([C@@H]2C[C@@H](c3ccccc3)c3ccc(Cl)cc32)CN1. The summed E-state index contributed by atoms with van der Waals surface area (Å²) in [6.07, 6.45) is 1.15. The lowest BCUT2D eigenvalue weighted by Gasteiger charge is -2.39. The Balaban J connectivity index is 1.67. The van der Waals surface area contributed by atoms with E-state index in [2.05, 4.69) is 66.9 Å². The van der Waals surface area contributed by atoms with Crippen molar-refractivity contribution in [2.75, 3.05) is 13.1 Å². The molecule has 0 saturated carbocycles. The van der Waals surface area contributed by atoms with Crippen molar-refractivity contribution >= 4 is 11.6 Å². The Bertz CT molecular complexity index is 716. The van der Waals surface area contributed by atoms with Crippen LogP contribution >= 0.6 is 11.6 Å². The predicted octanol–water partition coefficient (Wildman–Crippen LogP) is 4.30. The van der Waals surface area contributed by atoms with Crippen molar-refractivity contribution in [2.45, 2.75) is 43.7 Å². The summed E-state index contributed by atoms with van der Waals surface area (Å²) >= 11 is 6.33. The summed E-state index contributed by atoms with van der Waals surface area (Å²) in [5.41, 5.74) is 4.45. The number of halogens is 1. The van der Waals surface area contributed by atoms with Crippen molar-refractivity contribution in [2.24, 2.45) is 0 Å². The minimum absolute atomic E-state index is 0.172. The van der Waals surface area contributed by atoms with Gasteiger partial charge in [0, 0.05) is 41.5 Å². The first kappa shape index (κ1) is 16.1. The van der Waals surface area contributed by atoms with E-state index >= 15 is 0 Å². The summed E-state index contributed by atoms with van der Waals surface area (Å²) in [4.78, 5) is 0. The van der Waals surface area contributed by atoms with Gasteiger partial charge < -0.3 is 10.6 Å². The molecule has 1 aliphatic heterocycles. The normalized spacial score (nSPS) is 28.5. The zero-order chi connectivity index (χ0) is 16.7. The highest BCUT2D eigenvalue weighted by atomic mass is 35.5. The fraction of sp³-hybridized carbons (Fsp3) is 0.429. The average Bonchev–Trinajstić information content (AvgIpc) is 2.94. The van der Waals surface area contributed by atoms with Crippen molar-refractivity contribution in [1.29, 1.82) is 0 Å². The Labute approximate surface area is 149 Å². The fourth-order valence-corrected chi connectivity index (χ4v) is 4.45. The number of hydrogen-bond acceptors (Lipinski definition) is 2. The Hall–Kier alpha value is -1.35. The van der Waals surface area contributed by atoms with Gasteiger partial charge in [0.2, 0.25) is 0 Å². The first-order chi connectivity index (χ1) is 11.5. The molecule has 1 heterocycles. The van der Waals surface area contributed by atoms with Gasteiger partial charge in [0.1, 0.15) is 0 Å². The molecule has 2 aliphatic rings. The second kappa shape index (κ2) is 6.18. The summed E-state index contributed by atoms with van der Waals surface area (Å²) in [7, 11) is 0. The number of benzene rings is 2. The maximum Gasteiger partial charge on any atom is 0.0409 e. The van der Waals surface area contributed by atoms with E-state index in [1.807, 2.05) is 6.07 Å². The van der Waals surface area contributed by atoms with Crippen LogP contribution in [0, 0.1) is 0 Å². The van der Waals surface area contributed by atoms with E-state index in [-0.39, 0.29) is 5.54 Å². The lowest BCUT2D eigenvalue weighted by Crippen LogP contribution is -2.61. The highest BCUT2D eigenvalue weighted by molar-refractivity contribution is 6.30. The monoisotopic (exact) mass is 340 g/mol. The minimum atomic E-state index is 0.172. The van der Waals surface area contributed by atoms with Crippen molar-refractivity contribution in [1.82, 2.24) is 10.6 Å². The van der Waals surface area contributed by atoms with E-state index in [0.29, 0.717) is 17.9 Å². The highest BCUT2D eigenvalue weighted by Gasteiger charge is 2.39. The lowest BCUT2D eigenvalue weighted by molar-refractivity contribution is 0.249. The topological polar surface area (TPSA) is 24.1 Å². The van der Waals surface area contributed by atoms with Crippen LogP contribution in [0.15, 0.2) is 48.5 Å². The van der Waals surface area contributed by atoms with E-state index in [9.17, 15) is 0 Å². The lowest BCUT2D eigenvalue weighted by atomic mass is 9.88. The molecule has 2 nitrogen and oxygen atoms in total. The zero-order valence-electron chi connectivity index (χ0n) is 14.4. The van der Waals surface area contributed by atoms with E-state index in [4.69, 9.17) is 11.6 Å². The number of hydrogen-bond donors (Lipinski definition) is 2. The second-order valence-corrected chi connectivity index (χ2v) is 8.27. The molecule has 3 atom stereocenters. The summed E-state index contributed by atoms with van der Waals surface area (Å²) < 4.78 is 0. The molecule has 126 valence electrons. The first-order valence-corrected chi connectivity index (χ1v) is 9.24. The van der Waals surface area contributed by atoms with E-state index in [1.54, 1.807) is 0 Å². The average molecular weight is 341 g/mol. The van der Waals surface area contributed by atoms with E-state index in [0.717, 1.165) is 24.5 Å². The third-order valence-electron chi connectivity index (χ3n) is 5.61. The molecule has 1 unspecified atom stereocenters. The molecule has 4 rings (SSSR count). The van der Waals surface area contributed by atoms with Crippen LogP contribution in [0.2, 0.25) is 5.02 Å². The maximum absolute atomic E-state index is 6.33. The molecule has 1 saturated heterocycles. The third-order valence-corrected chi connectivity index (χ3v) is 5.84. The molecule has 1 aliphatic carbocycles.